The van der Waals surface area contributed by atoms with E-state index in [2.05, 4.69) is 9.97 Å². The summed E-state index contributed by atoms with van der Waals surface area (Å²) in [6.45, 7) is 1.98. The highest BCUT2D eigenvalue weighted by Gasteiger charge is 2.55. The third-order valence-corrected chi connectivity index (χ3v) is 7.17. The number of carbonyl (C=O) groups is 3. The zero-order valence-corrected chi connectivity index (χ0v) is 21.0. The van der Waals surface area contributed by atoms with E-state index in [1.807, 2.05) is 25.1 Å². The summed E-state index contributed by atoms with van der Waals surface area (Å²) in [5, 5.41) is 2.33. The second kappa shape index (κ2) is 10.5. The third kappa shape index (κ3) is 5.21. The van der Waals surface area contributed by atoms with Gasteiger partial charge < -0.3 is 5.73 Å². The molecule has 0 bridgehead atoms. The normalized spacial score (nSPS) is 18.1. The minimum absolute atomic E-state index is 0.0989. The number of likely N-dealkylation sites (tertiary alicyclic amines) is 1. The maximum atomic E-state index is 13.5. The zero-order chi connectivity index (χ0) is 25.1. The average molecular weight is 512 g/mol. The molecule has 1 saturated heterocycles. The van der Waals surface area contributed by atoms with Gasteiger partial charge in [0, 0.05) is 30.1 Å². The highest BCUT2D eigenvalue weighted by Crippen LogP contribution is 2.35. The molecule has 2 aromatic heterocycles. The summed E-state index contributed by atoms with van der Waals surface area (Å²) >= 11 is 7.51. The van der Waals surface area contributed by atoms with E-state index in [1.165, 1.54) is 16.2 Å². The van der Waals surface area contributed by atoms with Gasteiger partial charge in [-0.1, -0.05) is 30.7 Å². The number of amides is 3. The van der Waals surface area contributed by atoms with E-state index < -0.39 is 12.0 Å². The lowest BCUT2D eigenvalue weighted by Crippen LogP contribution is -2.69. The van der Waals surface area contributed by atoms with E-state index in [-0.39, 0.29) is 36.5 Å². The Kier molecular flexibility index (Phi) is 7.47. The van der Waals surface area contributed by atoms with Crippen molar-refractivity contribution in [1.29, 1.82) is 0 Å². The fourth-order valence-corrected chi connectivity index (χ4v) is 5.20. The van der Waals surface area contributed by atoms with Gasteiger partial charge in [0.15, 0.2) is 0 Å². The topological polar surface area (TPSA) is 109 Å². The molecule has 35 heavy (non-hydrogen) atoms. The van der Waals surface area contributed by atoms with Gasteiger partial charge in [0.2, 0.25) is 11.8 Å². The number of hydrogen-bond donors (Lipinski definition) is 1. The zero-order valence-electron chi connectivity index (χ0n) is 19.4. The molecule has 4 rings (SSSR count). The Hall–Kier alpha value is -3.30. The first kappa shape index (κ1) is 24.8. The van der Waals surface area contributed by atoms with Gasteiger partial charge in [-0.3, -0.25) is 24.2 Å². The highest BCUT2D eigenvalue weighted by atomic mass is 35.5. The number of nitrogen functional groups attached to an aromatic ring is 1. The van der Waals surface area contributed by atoms with E-state index in [9.17, 15) is 14.4 Å². The molecule has 0 spiro atoms. The van der Waals surface area contributed by atoms with Crippen molar-refractivity contribution in [3.8, 4) is 0 Å². The van der Waals surface area contributed by atoms with Crippen LogP contribution >= 0.6 is 22.9 Å². The van der Waals surface area contributed by atoms with Crippen LogP contribution in [-0.2, 0) is 20.8 Å². The molecule has 1 aromatic carbocycles. The first-order chi connectivity index (χ1) is 16.8. The Balaban J connectivity index is 1.59. The van der Waals surface area contributed by atoms with Crippen molar-refractivity contribution in [2.24, 2.45) is 5.92 Å². The first-order valence-electron chi connectivity index (χ1n) is 11.3. The lowest BCUT2D eigenvalue weighted by molar-refractivity contribution is -0.170. The number of aromatic nitrogens is 2. The predicted octanol–water partition coefficient (Wildman–Crippen LogP) is 3.92. The standard InChI is InChI=1S/C25H26ClN5O3S/c1-3-16(17-5-4-6-18(26)11-17)12-22(32)31-23(25(34)30(2)21-13-35-14-29-21)19(24(31)33)9-15-7-8-28-20(27)10-15/h4-8,10-11,13-14,16,19,23H,3,9,12H2,1-2H3,(H2,27,28)/t16-,19+,23-/m0/s1. The summed E-state index contributed by atoms with van der Waals surface area (Å²) in [6.07, 6.45) is 2.63. The SMILES string of the molecule is CC[C@@H](CC(=O)N1C(=O)[C@H](Cc2ccnc(N)c2)[C@H]1C(=O)N(C)c1cscn1)c1cccc(Cl)c1. The Morgan fingerprint density at radius 1 is 1.26 bits per heavy atom. The lowest BCUT2D eigenvalue weighted by Gasteiger charge is -2.46. The van der Waals surface area contributed by atoms with Gasteiger partial charge in [0.25, 0.3) is 5.91 Å². The number of halogens is 1. The van der Waals surface area contributed by atoms with Gasteiger partial charge in [-0.2, -0.15) is 0 Å². The number of likely N-dealkylation sites (N-methyl/N-ethyl adjacent to an activating group) is 1. The number of nitrogens with zero attached hydrogens (tertiary/aromatic N) is 4. The van der Waals surface area contributed by atoms with Crippen LogP contribution in [0.2, 0.25) is 5.02 Å². The van der Waals surface area contributed by atoms with Crippen molar-refractivity contribution in [2.45, 2.75) is 38.1 Å². The van der Waals surface area contributed by atoms with Gasteiger partial charge in [0.1, 0.15) is 17.7 Å². The molecule has 1 aliphatic heterocycles. The summed E-state index contributed by atoms with van der Waals surface area (Å²) in [4.78, 5) is 50.8. The maximum Gasteiger partial charge on any atom is 0.252 e. The Morgan fingerprint density at radius 3 is 2.71 bits per heavy atom. The second-order valence-corrected chi connectivity index (χ2v) is 9.71. The smallest absolute Gasteiger partial charge is 0.252 e. The van der Waals surface area contributed by atoms with Crippen molar-refractivity contribution in [3.05, 3.63) is 69.6 Å². The van der Waals surface area contributed by atoms with Gasteiger partial charge in [0.05, 0.1) is 11.4 Å². The van der Waals surface area contributed by atoms with E-state index in [4.69, 9.17) is 17.3 Å². The number of rotatable bonds is 8. The van der Waals surface area contributed by atoms with Gasteiger partial charge in [-0.15, -0.1) is 11.3 Å². The van der Waals surface area contributed by atoms with Crippen LogP contribution < -0.4 is 10.6 Å². The molecule has 8 nitrogen and oxygen atoms in total. The van der Waals surface area contributed by atoms with Crippen molar-refractivity contribution in [1.82, 2.24) is 14.9 Å². The van der Waals surface area contributed by atoms with Gasteiger partial charge in [-0.25, -0.2) is 9.97 Å². The van der Waals surface area contributed by atoms with Gasteiger partial charge >= 0.3 is 0 Å². The fraction of sp³-hybridized carbons (Fsp3) is 0.320. The Labute approximate surface area is 212 Å². The van der Waals surface area contributed by atoms with Crippen LogP contribution in [0.1, 0.15) is 36.8 Å². The van der Waals surface area contributed by atoms with Crippen molar-refractivity contribution in [3.63, 3.8) is 0 Å². The van der Waals surface area contributed by atoms with Crippen LogP contribution in [0.5, 0.6) is 0 Å². The van der Waals surface area contributed by atoms with Crippen molar-refractivity contribution in [2.75, 3.05) is 17.7 Å². The quantitative estimate of drug-likeness (QED) is 0.459. The van der Waals surface area contributed by atoms with E-state index in [0.717, 1.165) is 16.0 Å². The maximum absolute atomic E-state index is 13.5. The van der Waals surface area contributed by atoms with Crippen molar-refractivity contribution >= 4 is 52.3 Å². The molecule has 0 saturated carbocycles. The highest BCUT2D eigenvalue weighted by molar-refractivity contribution is 7.07. The summed E-state index contributed by atoms with van der Waals surface area (Å²) in [5.74, 6) is -1.10. The fourth-order valence-electron chi connectivity index (χ4n) is 4.43. The Morgan fingerprint density at radius 2 is 2.06 bits per heavy atom. The molecule has 1 fully saturated rings. The van der Waals surface area contributed by atoms with E-state index in [1.54, 1.807) is 42.3 Å². The molecule has 0 aliphatic carbocycles. The molecule has 3 amide bonds. The number of nitrogens with two attached hydrogens (primary N) is 1. The van der Waals surface area contributed by atoms with Crippen LogP contribution in [0.3, 0.4) is 0 Å². The number of anilines is 2. The predicted molar refractivity (Wildman–Crippen MR) is 136 cm³/mol. The lowest BCUT2D eigenvalue weighted by atomic mass is 9.80. The number of β-lactam (4-membered cyclic amide) rings is 1. The molecule has 10 heteroatoms. The molecule has 2 N–H and O–H groups in total. The minimum Gasteiger partial charge on any atom is -0.384 e. The second-order valence-electron chi connectivity index (χ2n) is 8.55. The van der Waals surface area contributed by atoms with Crippen LogP contribution in [0.15, 0.2) is 53.5 Å². The summed E-state index contributed by atoms with van der Waals surface area (Å²) in [5.41, 5.74) is 9.13. The number of thiazole rings is 1. The third-order valence-electron chi connectivity index (χ3n) is 6.36. The monoisotopic (exact) mass is 511 g/mol. The van der Waals surface area contributed by atoms with Crippen molar-refractivity contribution < 1.29 is 14.4 Å². The molecule has 0 radical (unpaired) electrons. The molecular formula is C25H26ClN5O3S. The number of imide groups is 1. The summed E-state index contributed by atoms with van der Waals surface area (Å²) in [7, 11) is 1.60. The Bertz CT molecular complexity index is 1240. The van der Waals surface area contributed by atoms with Crippen LogP contribution in [0, 0.1) is 5.92 Å². The van der Waals surface area contributed by atoms with Crippen LogP contribution in [-0.4, -0.2) is 45.7 Å². The number of hydrogen-bond acceptors (Lipinski definition) is 7. The molecule has 3 heterocycles. The van der Waals surface area contributed by atoms with E-state index in [0.29, 0.717) is 23.1 Å². The number of benzene rings is 1. The molecule has 0 unspecified atom stereocenters. The molecule has 182 valence electrons. The summed E-state index contributed by atoms with van der Waals surface area (Å²) < 4.78 is 0. The van der Waals surface area contributed by atoms with Crippen LogP contribution in [0.4, 0.5) is 11.6 Å². The average Bonchev–Trinajstić information content (AvgIpc) is 3.38. The van der Waals surface area contributed by atoms with E-state index >= 15 is 0 Å². The molecular weight excluding hydrogens is 486 g/mol. The molecule has 3 aromatic rings. The molecule has 1 aliphatic rings. The first-order valence-corrected chi connectivity index (χ1v) is 12.6. The summed E-state index contributed by atoms with van der Waals surface area (Å²) in [6, 6.07) is 9.87. The minimum atomic E-state index is -0.923. The van der Waals surface area contributed by atoms with Gasteiger partial charge in [-0.05, 0) is 54.2 Å². The largest absolute Gasteiger partial charge is 0.384 e. The molecule has 3 atom stereocenters. The number of carbonyl (C=O) groups excluding carboxylic acids is 3. The van der Waals surface area contributed by atoms with Crippen LogP contribution in [0.25, 0.3) is 0 Å². The number of pyridine rings is 1.